The van der Waals surface area contributed by atoms with Crippen molar-refractivity contribution in [2.24, 2.45) is 0 Å². The third-order valence-corrected chi connectivity index (χ3v) is 5.05. The Kier molecular flexibility index (Phi) is 6.06. The second kappa shape index (κ2) is 8.67. The lowest BCUT2D eigenvalue weighted by atomic mass is 10.1. The number of nitrogens with zero attached hydrogens (tertiary/aromatic N) is 1. The van der Waals surface area contributed by atoms with Crippen LogP contribution in [-0.2, 0) is 20.9 Å². The van der Waals surface area contributed by atoms with Gasteiger partial charge in [0, 0.05) is 22.3 Å². The number of hydrogen-bond donors (Lipinski definition) is 1. The highest BCUT2D eigenvalue weighted by Crippen LogP contribution is 2.21. The molecule has 1 aromatic heterocycles. The van der Waals surface area contributed by atoms with Crippen LogP contribution < -0.4 is 10.2 Å². The first-order valence-electron chi connectivity index (χ1n) is 8.71. The summed E-state index contributed by atoms with van der Waals surface area (Å²) in [5.41, 5.74) is 2.90. The van der Waals surface area contributed by atoms with Crippen molar-refractivity contribution in [1.82, 2.24) is 4.57 Å². The van der Waals surface area contributed by atoms with E-state index in [-0.39, 0.29) is 11.4 Å². The van der Waals surface area contributed by atoms with Crippen molar-refractivity contribution in [3.63, 3.8) is 0 Å². The number of hydrogen-bond acceptors (Lipinski definition) is 5. The Hall–Kier alpha value is -3.19. The molecule has 0 aliphatic rings. The summed E-state index contributed by atoms with van der Waals surface area (Å²) >= 11 is 1.02. The van der Waals surface area contributed by atoms with Crippen LogP contribution in [0.15, 0.2) is 64.8 Å². The first kappa shape index (κ1) is 19.6. The van der Waals surface area contributed by atoms with Gasteiger partial charge in [-0.3, -0.25) is 19.0 Å². The van der Waals surface area contributed by atoms with E-state index >= 15 is 0 Å². The molecular formula is C21H20N2O4S. The number of ether oxygens (including phenoxy) is 1. The van der Waals surface area contributed by atoms with Gasteiger partial charge in [0.1, 0.15) is 6.54 Å². The van der Waals surface area contributed by atoms with Gasteiger partial charge < -0.3 is 10.1 Å². The number of aromatic nitrogens is 1. The Morgan fingerprint density at radius 1 is 1.07 bits per heavy atom. The zero-order valence-corrected chi connectivity index (χ0v) is 16.4. The van der Waals surface area contributed by atoms with E-state index in [1.807, 2.05) is 25.1 Å². The number of carbonyl (C=O) groups excluding carboxylic acids is 2. The maximum absolute atomic E-state index is 12.8. The number of amides is 1. The summed E-state index contributed by atoms with van der Waals surface area (Å²) in [5, 5.41) is 4.45. The van der Waals surface area contributed by atoms with Gasteiger partial charge in [0.15, 0.2) is 0 Å². The number of benzene rings is 2. The molecule has 1 N–H and O–H groups in total. The first-order chi connectivity index (χ1) is 13.4. The lowest BCUT2D eigenvalue weighted by molar-refractivity contribution is -0.155. The molecule has 0 aliphatic carbocycles. The van der Waals surface area contributed by atoms with Crippen molar-refractivity contribution in [2.45, 2.75) is 26.5 Å². The highest BCUT2D eigenvalue weighted by atomic mass is 32.1. The SMILES string of the molecule is Cc1ccc(NC(=O)[C@@H](OC(=O)Cn2c(C)csc2=O)c2ccccc2)cc1. The number of rotatable bonds is 6. The van der Waals surface area contributed by atoms with Gasteiger partial charge in [0.2, 0.25) is 6.10 Å². The monoisotopic (exact) mass is 396 g/mol. The summed E-state index contributed by atoms with van der Waals surface area (Å²) in [5.74, 6) is -1.12. The van der Waals surface area contributed by atoms with E-state index in [0.717, 1.165) is 16.9 Å². The molecule has 0 unspecified atom stereocenters. The third-order valence-electron chi connectivity index (χ3n) is 4.17. The number of thiazole rings is 1. The summed E-state index contributed by atoms with van der Waals surface area (Å²) in [4.78, 5) is 36.8. The molecule has 1 atom stereocenters. The van der Waals surface area contributed by atoms with Crippen molar-refractivity contribution in [3.8, 4) is 0 Å². The van der Waals surface area contributed by atoms with Gasteiger partial charge in [0.05, 0.1) is 0 Å². The normalized spacial score (nSPS) is 11.6. The fourth-order valence-corrected chi connectivity index (χ4v) is 3.37. The number of carbonyl (C=O) groups is 2. The zero-order chi connectivity index (χ0) is 20.1. The fourth-order valence-electron chi connectivity index (χ4n) is 2.64. The van der Waals surface area contributed by atoms with Crippen LogP contribution in [0.4, 0.5) is 5.69 Å². The molecule has 1 amide bonds. The first-order valence-corrected chi connectivity index (χ1v) is 9.59. The van der Waals surface area contributed by atoms with Crippen molar-refractivity contribution in [3.05, 3.63) is 86.5 Å². The van der Waals surface area contributed by atoms with Gasteiger partial charge in [-0.25, -0.2) is 0 Å². The van der Waals surface area contributed by atoms with E-state index in [2.05, 4.69) is 5.32 Å². The number of esters is 1. The lowest BCUT2D eigenvalue weighted by Crippen LogP contribution is -2.29. The summed E-state index contributed by atoms with van der Waals surface area (Å²) in [6, 6.07) is 16.1. The van der Waals surface area contributed by atoms with Crippen molar-refractivity contribution in [1.29, 1.82) is 0 Å². The summed E-state index contributed by atoms with van der Waals surface area (Å²) in [6.45, 7) is 3.45. The molecule has 0 saturated heterocycles. The van der Waals surface area contributed by atoms with Crippen LogP contribution in [0.3, 0.4) is 0 Å². The van der Waals surface area contributed by atoms with E-state index in [1.165, 1.54) is 4.57 Å². The van der Waals surface area contributed by atoms with E-state index < -0.39 is 18.0 Å². The van der Waals surface area contributed by atoms with Crippen LogP contribution in [0.5, 0.6) is 0 Å². The molecule has 28 heavy (non-hydrogen) atoms. The average molecular weight is 396 g/mol. The molecule has 3 rings (SSSR count). The smallest absolute Gasteiger partial charge is 0.327 e. The summed E-state index contributed by atoms with van der Waals surface area (Å²) in [6.07, 6.45) is -1.12. The number of nitrogens with one attached hydrogen (secondary N) is 1. The van der Waals surface area contributed by atoms with Gasteiger partial charge in [-0.05, 0) is 26.0 Å². The van der Waals surface area contributed by atoms with E-state index in [4.69, 9.17) is 4.74 Å². The molecule has 0 fully saturated rings. The molecule has 0 saturated carbocycles. The molecule has 6 nitrogen and oxygen atoms in total. The van der Waals surface area contributed by atoms with E-state index in [0.29, 0.717) is 16.9 Å². The minimum atomic E-state index is -1.12. The number of aryl methyl sites for hydroxylation is 2. The van der Waals surface area contributed by atoms with Gasteiger partial charge in [0.25, 0.3) is 5.91 Å². The molecule has 0 bridgehead atoms. The molecule has 0 spiro atoms. The standard InChI is InChI=1S/C21H20N2O4S/c1-14-8-10-17(11-9-14)22-20(25)19(16-6-4-3-5-7-16)27-18(24)12-23-15(2)13-28-21(23)26/h3-11,13,19H,12H2,1-2H3,(H,22,25)/t19-/m0/s1. The zero-order valence-electron chi connectivity index (χ0n) is 15.5. The second-order valence-corrected chi connectivity index (χ2v) is 7.19. The topological polar surface area (TPSA) is 77.4 Å². The lowest BCUT2D eigenvalue weighted by Gasteiger charge is -2.18. The van der Waals surface area contributed by atoms with Crippen molar-refractivity contribution in [2.75, 3.05) is 5.32 Å². The second-order valence-electron chi connectivity index (χ2n) is 6.36. The Labute approximate surface area is 166 Å². The molecule has 0 aliphatic heterocycles. The molecule has 0 radical (unpaired) electrons. The van der Waals surface area contributed by atoms with Crippen LogP contribution in [0, 0.1) is 13.8 Å². The largest absolute Gasteiger partial charge is 0.446 e. The van der Waals surface area contributed by atoms with E-state index in [1.54, 1.807) is 48.7 Å². The highest BCUT2D eigenvalue weighted by molar-refractivity contribution is 7.07. The van der Waals surface area contributed by atoms with Gasteiger partial charge in [-0.15, -0.1) is 0 Å². The van der Waals surface area contributed by atoms with Crippen LogP contribution >= 0.6 is 11.3 Å². The molecule has 2 aromatic carbocycles. The minimum absolute atomic E-state index is 0.241. The maximum Gasteiger partial charge on any atom is 0.327 e. The Balaban J connectivity index is 1.79. The predicted molar refractivity (Wildman–Crippen MR) is 108 cm³/mol. The fraction of sp³-hybridized carbons (Fsp3) is 0.190. The van der Waals surface area contributed by atoms with Crippen molar-refractivity contribution < 1.29 is 14.3 Å². The van der Waals surface area contributed by atoms with Gasteiger partial charge in [-0.2, -0.15) is 0 Å². The van der Waals surface area contributed by atoms with Gasteiger partial charge >= 0.3 is 10.8 Å². The Bertz CT molecular complexity index is 1020. The van der Waals surface area contributed by atoms with E-state index in [9.17, 15) is 14.4 Å². The summed E-state index contributed by atoms with van der Waals surface area (Å²) < 4.78 is 6.80. The molecule has 7 heteroatoms. The third kappa shape index (κ3) is 4.75. The van der Waals surface area contributed by atoms with Crippen LogP contribution in [0.2, 0.25) is 0 Å². The quantitative estimate of drug-likeness (QED) is 0.648. The predicted octanol–water partition coefficient (Wildman–Crippen LogP) is 3.45. The highest BCUT2D eigenvalue weighted by Gasteiger charge is 2.25. The van der Waals surface area contributed by atoms with Gasteiger partial charge in [-0.1, -0.05) is 59.4 Å². The number of anilines is 1. The Morgan fingerprint density at radius 3 is 2.36 bits per heavy atom. The maximum atomic E-state index is 12.8. The average Bonchev–Trinajstić information content (AvgIpc) is 3.00. The summed E-state index contributed by atoms with van der Waals surface area (Å²) in [7, 11) is 0. The molecule has 144 valence electrons. The van der Waals surface area contributed by atoms with Crippen LogP contribution in [0.1, 0.15) is 22.9 Å². The van der Waals surface area contributed by atoms with Crippen molar-refractivity contribution >= 4 is 28.9 Å². The molecular weight excluding hydrogens is 376 g/mol. The molecule has 1 heterocycles. The Morgan fingerprint density at radius 2 is 1.75 bits per heavy atom. The van der Waals surface area contributed by atoms with Crippen LogP contribution in [0.25, 0.3) is 0 Å². The molecule has 3 aromatic rings. The van der Waals surface area contributed by atoms with Crippen LogP contribution in [-0.4, -0.2) is 16.4 Å². The minimum Gasteiger partial charge on any atom is -0.446 e.